The molecule has 1 aromatic heterocycles. The third-order valence-corrected chi connectivity index (χ3v) is 7.47. The lowest BCUT2D eigenvalue weighted by atomic mass is 10.1. The molecule has 0 bridgehead atoms. The number of benzene rings is 4. The van der Waals surface area contributed by atoms with E-state index >= 15 is 0 Å². The van der Waals surface area contributed by atoms with Gasteiger partial charge in [-0.05, 0) is 53.6 Å². The van der Waals surface area contributed by atoms with Gasteiger partial charge in [-0.15, -0.1) is 0 Å². The van der Waals surface area contributed by atoms with Crippen molar-refractivity contribution in [2.45, 2.75) is 11.1 Å². The van der Waals surface area contributed by atoms with Crippen molar-refractivity contribution in [2.75, 3.05) is 11.1 Å². The Bertz CT molecular complexity index is 1560. The molecule has 0 saturated heterocycles. The number of aliphatic hydroxyl groups excluding tert-OH is 1. The summed E-state index contributed by atoms with van der Waals surface area (Å²) in [6.45, 7) is 0. The zero-order valence-electron chi connectivity index (χ0n) is 18.2. The monoisotopic (exact) mass is 469 g/mol. The topological polar surface area (TPSA) is 97.3 Å². The van der Waals surface area contributed by atoms with Crippen molar-refractivity contribution >= 4 is 32.3 Å². The van der Waals surface area contributed by atoms with Crippen LogP contribution in [0.3, 0.4) is 0 Å². The first-order chi connectivity index (χ1) is 16.4. The number of fused-ring (bicyclic) bond motifs is 1. The van der Waals surface area contributed by atoms with Crippen LogP contribution in [0.2, 0.25) is 0 Å². The molecule has 1 unspecified atom stereocenters. The van der Waals surface area contributed by atoms with Crippen LogP contribution in [0.4, 0.5) is 11.4 Å². The van der Waals surface area contributed by atoms with Crippen molar-refractivity contribution < 1.29 is 13.5 Å². The maximum Gasteiger partial charge on any atom is 0.268 e. The van der Waals surface area contributed by atoms with E-state index in [1.807, 2.05) is 54.6 Å². The fourth-order valence-corrected chi connectivity index (χ4v) is 5.29. The molecule has 4 aromatic carbocycles. The van der Waals surface area contributed by atoms with Gasteiger partial charge in [-0.25, -0.2) is 12.4 Å². The van der Waals surface area contributed by atoms with Gasteiger partial charge in [0.05, 0.1) is 21.8 Å². The molecule has 7 heteroatoms. The molecule has 0 amide bonds. The third-order valence-electron chi connectivity index (χ3n) is 5.77. The number of anilines is 2. The number of hydrogen-bond donors (Lipinski definition) is 3. The SMILES string of the molecule is Nc1ccccc1NC(O)c1ccc2c(ccn2S(=O)(=O)c2ccc(-c3ccccc3)cc2)c1. The van der Waals surface area contributed by atoms with Crippen LogP contribution in [0.25, 0.3) is 22.0 Å². The zero-order chi connectivity index (χ0) is 23.7. The summed E-state index contributed by atoms with van der Waals surface area (Å²) in [4.78, 5) is 0.204. The molecule has 5 rings (SSSR count). The van der Waals surface area contributed by atoms with E-state index in [-0.39, 0.29) is 4.90 Å². The first-order valence-corrected chi connectivity index (χ1v) is 12.2. The Morgan fingerprint density at radius 1 is 0.794 bits per heavy atom. The summed E-state index contributed by atoms with van der Waals surface area (Å²) >= 11 is 0. The summed E-state index contributed by atoms with van der Waals surface area (Å²) in [5, 5.41) is 14.3. The Labute approximate surface area is 198 Å². The number of rotatable bonds is 6. The average molecular weight is 470 g/mol. The Morgan fingerprint density at radius 2 is 1.47 bits per heavy atom. The number of nitrogen functional groups attached to an aromatic ring is 1. The molecule has 0 aliphatic heterocycles. The van der Waals surface area contributed by atoms with Gasteiger partial charge in [-0.3, -0.25) is 0 Å². The zero-order valence-corrected chi connectivity index (χ0v) is 19.0. The molecule has 0 aliphatic carbocycles. The van der Waals surface area contributed by atoms with E-state index in [1.54, 1.807) is 48.5 Å². The van der Waals surface area contributed by atoms with Gasteiger partial charge in [0.25, 0.3) is 10.0 Å². The largest absolute Gasteiger partial charge is 0.397 e. The van der Waals surface area contributed by atoms with Gasteiger partial charge in [0.15, 0.2) is 6.23 Å². The van der Waals surface area contributed by atoms with E-state index < -0.39 is 16.3 Å². The van der Waals surface area contributed by atoms with Crippen molar-refractivity contribution in [3.63, 3.8) is 0 Å². The van der Waals surface area contributed by atoms with Gasteiger partial charge in [0.2, 0.25) is 0 Å². The normalized spacial score (nSPS) is 12.5. The van der Waals surface area contributed by atoms with Gasteiger partial charge < -0.3 is 16.2 Å². The third kappa shape index (κ3) is 4.03. The van der Waals surface area contributed by atoms with E-state index in [0.29, 0.717) is 27.8 Å². The van der Waals surface area contributed by atoms with Crippen molar-refractivity contribution in [1.82, 2.24) is 3.97 Å². The fourth-order valence-electron chi connectivity index (χ4n) is 3.94. The highest BCUT2D eigenvalue weighted by Gasteiger charge is 2.20. The fraction of sp³-hybridized carbons (Fsp3) is 0.0370. The second kappa shape index (κ2) is 8.70. The van der Waals surface area contributed by atoms with Crippen LogP contribution in [0.5, 0.6) is 0 Å². The molecule has 1 heterocycles. The van der Waals surface area contributed by atoms with Crippen molar-refractivity contribution in [1.29, 1.82) is 0 Å². The van der Waals surface area contributed by atoms with Crippen LogP contribution < -0.4 is 11.1 Å². The van der Waals surface area contributed by atoms with Gasteiger partial charge in [0, 0.05) is 17.1 Å². The lowest BCUT2D eigenvalue weighted by Gasteiger charge is -2.16. The van der Waals surface area contributed by atoms with Crippen LogP contribution in [-0.2, 0) is 10.0 Å². The Morgan fingerprint density at radius 3 is 2.21 bits per heavy atom. The van der Waals surface area contributed by atoms with E-state index in [4.69, 9.17) is 5.73 Å². The summed E-state index contributed by atoms with van der Waals surface area (Å²) < 4.78 is 27.9. The van der Waals surface area contributed by atoms with E-state index in [0.717, 1.165) is 11.1 Å². The molecule has 6 nitrogen and oxygen atoms in total. The molecule has 0 spiro atoms. The van der Waals surface area contributed by atoms with E-state index in [1.165, 1.54) is 10.2 Å². The highest BCUT2D eigenvalue weighted by atomic mass is 32.2. The van der Waals surface area contributed by atoms with Crippen molar-refractivity contribution in [2.24, 2.45) is 0 Å². The molecular formula is C27H23N3O3S. The Balaban J connectivity index is 1.43. The molecule has 0 fully saturated rings. The predicted octanol–water partition coefficient (Wildman–Crippen LogP) is 5.23. The summed E-state index contributed by atoms with van der Waals surface area (Å²) in [6.07, 6.45) is 0.531. The lowest BCUT2D eigenvalue weighted by molar-refractivity contribution is 0.208. The van der Waals surface area contributed by atoms with Crippen LogP contribution in [-0.4, -0.2) is 17.5 Å². The smallest absolute Gasteiger partial charge is 0.268 e. The molecule has 170 valence electrons. The molecule has 4 N–H and O–H groups in total. The van der Waals surface area contributed by atoms with E-state index in [9.17, 15) is 13.5 Å². The first kappa shape index (κ1) is 21.8. The number of para-hydroxylation sites is 2. The van der Waals surface area contributed by atoms with E-state index in [2.05, 4.69) is 5.32 Å². The second-order valence-electron chi connectivity index (χ2n) is 7.96. The summed E-state index contributed by atoms with van der Waals surface area (Å²) in [5.41, 5.74) is 10.2. The minimum absolute atomic E-state index is 0.204. The summed E-state index contributed by atoms with van der Waals surface area (Å²) in [7, 11) is -3.79. The highest BCUT2D eigenvalue weighted by molar-refractivity contribution is 7.90. The second-order valence-corrected chi connectivity index (χ2v) is 9.77. The molecule has 0 saturated carbocycles. The summed E-state index contributed by atoms with van der Waals surface area (Å²) in [6, 6.07) is 30.7. The van der Waals surface area contributed by atoms with Gasteiger partial charge in [-0.2, -0.15) is 0 Å². The molecule has 1 atom stereocenters. The molecule has 5 aromatic rings. The quantitative estimate of drug-likeness (QED) is 0.234. The maximum atomic E-state index is 13.3. The highest BCUT2D eigenvalue weighted by Crippen LogP contribution is 2.28. The number of aliphatic hydroxyl groups is 1. The number of nitrogens with zero attached hydrogens (tertiary/aromatic N) is 1. The minimum atomic E-state index is -3.79. The Hall–Kier alpha value is -4.07. The molecule has 0 radical (unpaired) electrons. The molecule has 0 aliphatic rings. The predicted molar refractivity (Wildman–Crippen MR) is 136 cm³/mol. The number of nitrogens with two attached hydrogens (primary N) is 1. The summed E-state index contributed by atoms with van der Waals surface area (Å²) in [5.74, 6) is 0. The molecular weight excluding hydrogens is 446 g/mol. The van der Waals surface area contributed by atoms with Gasteiger partial charge >= 0.3 is 0 Å². The number of nitrogens with one attached hydrogen (secondary N) is 1. The Kier molecular flexibility index (Phi) is 5.57. The number of hydrogen-bond acceptors (Lipinski definition) is 5. The maximum absolute atomic E-state index is 13.3. The van der Waals surface area contributed by atoms with Gasteiger partial charge in [0.1, 0.15) is 0 Å². The average Bonchev–Trinajstić information content (AvgIpc) is 3.30. The van der Waals surface area contributed by atoms with Crippen LogP contribution in [0.1, 0.15) is 11.8 Å². The lowest BCUT2D eigenvalue weighted by Crippen LogP contribution is -2.12. The minimum Gasteiger partial charge on any atom is -0.397 e. The van der Waals surface area contributed by atoms with Crippen LogP contribution in [0, 0.1) is 0 Å². The first-order valence-electron chi connectivity index (χ1n) is 10.7. The van der Waals surface area contributed by atoms with Crippen molar-refractivity contribution in [3.05, 3.63) is 115 Å². The van der Waals surface area contributed by atoms with Crippen molar-refractivity contribution in [3.8, 4) is 11.1 Å². The number of aromatic nitrogens is 1. The van der Waals surface area contributed by atoms with Gasteiger partial charge in [-0.1, -0.05) is 60.7 Å². The standard InChI is InChI=1S/C27H23N3O3S/c28-24-8-4-5-9-25(24)29-27(31)22-12-15-26-21(18-22)16-17-30(26)34(32,33)23-13-10-20(11-14-23)19-6-2-1-3-7-19/h1-18,27,29,31H,28H2. The molecule has 34 heavy (non-hydrogen) atoms. The van der Waals surface area contributed by atoms with Crippen LogP contribution in [0.15, 0.2) is 114 Å². The van der Waals surface area contributed by atoms with Crippen LogP contribution >= 0.6 is 0 Å².